The molecular formula is C14H26N2S. The Kier molecular flexibility index (Phi) is 3.69. The quantitative estimate of drug-likeness (QED) is 0.815. The standard InChI is InChI=1S/C14H26N2S/c1-2-12-9-15-14(6-3-4-7-14)11-16(12)13-5-8-17-10-13/h12-13,15H,2-11H2,1H3. The van der Waals surface area contributed by atoms with E-state index in [4.69, 9.17) is 0 Å². The molecule has 0 aromatic rings. The van der Waals surface area contributed by atoms with E-state index in [0.717, 1.165) is 12.1 Å². The van der Waals surface area contributed by atoms with Gasteiger partial charge < -0.3 is 5.32 Å². The number of piperazine rings is 1. The molecule has 0 aromatic carbocycles. The summed E-state index contributed by atoms with van der Waals surface area (Å²) in [6.07, 6.45) is 8.45. The highest BCUT2D eigenvalue weighted by Gasteiger charge is 2.43. The highest BCUT2D eigenvalue weighted by Crippen LogP contribution is 2.36. The second kappa shape index (κ2) is 5.10. The van der Waals surface area contributed by atoms with Gasteiger partial charge in [-0.25, -0.2) is 0 Å². The smallest absolute Gasteiger partial charge is 0.0309 e. The summed E-state index contributed by atoms with van der Waals surface area (Å²) in [4.78, 5) is 2.88. The maximum absolute atomic E-state index is 3.90. The SMILES string of the molecule is CCC1CNC2(CCCC2)CN1C1CCSC1. The van der Waals surface area contributed by atoms with Gasteiger partial charge in [-0.15, -0.1) is 0 Å². The Morgan fingerprint density at radius 3 is 2.82 bits per heavy atom. The van der Waals surface area contributed by atoms with E-state index in [9.17, 15) is 0 Å². The zero-order valence-electron chi connectivity index (χ0n) is 11.1. The van der Waals surface area contributed by atoms with Crippen LogP contribution in [0, 0.1) is 0 Å². The maximum Gasteiger partial charge on any atom is 0.0309 e. The summed E-state index contributed by atoms with van der Waals surface area (Å²) >= 11 is 2.16. The number of hydrogen-bond donors (Lipinski definition) is 1. The molecule has 17 heavy (non-hydrogen) atoms. The molecule has 0 amide bonds. The molecule has 98 valence electrons. The Morgan fingerprint density at radius 2 is 2.18 bits per heavy atom. The molecule has 2 aliphatic heterocycles. The van der Waals surface area contributed by atoms with E-state index in [1.165, 1.54) is 63.1 Å². The summed E-state index contributed by atoms with van der Waals surface area (Å²) in [6.45, 7) is 4.92. The molecule has 3 heteroatoms. The molecule has 1 aliphatic carbocycles. The lowest BCUT2D eigenvalue weighted by Gasteiger charge is -2.48. The van der Waals surface area contributed by atoms with E-state index in [1.54, 1.807) is 0 Å². The Hall–Kier alpha value is 0.270. The second-order valence-corrected chi connectivity index (χ2v) is 7.27. The van der Waals surface area contributed by atoms with Gasteiger partial charge in [0.2, 0.25) is 0 Å². The van der Waals surface area contributed by atoms with Gasteiger partial charge in [-0.1, -0.05) is 19.8 Å². The van der Waals surface area contributed by atoms with Crippen LogP contribution >= 0.6 is 11.8 Å². The molecule has 0 radical (unpaired) electrons. The summed E-state index contributed by atoms with van der Waals surface area (Å²) in [7, 11) is 0. The zero-order chi connectivity index (χ0) is 11.7. The summed E-state index contributed by atoms with van der Waals surface area (Å²) in [5.41, 5.74) is 0.499. The highest BCUT2D eigenvalue weighted by atomic mass is 32.2. The van der Waals surface area contributed by atoms with Crippen molar-refractivity contribution in [1.82, 2.24) is 10.2 Å². The van der Waals surface area contributed by atoms with E-state index in [0.29, 0.717) is 5.54 Å². The topological polar surface area (TPSA) is 15.3 Å². The van der Waals surface area contributed by atoms with Crippen LogP contribution in [0.1, 0.15) is 45.4 Å². The molecule has 0 aromatic heterocycles. The lowest BCUT2D eigenvalue weighted by Crippen LogP contribution is -2.65. The van der Waals surface area contributed by atoms with Gasteiger partial charge in [-0.05, 0) is 31.4 Å². The molecule has 2 heterocycles. The van der Waals surface area contributed by atoms with Crippen LogP contribution in [0.3, 0.4) is 0 Å². The first-order valence-corrected chi connectivity index (χ1v) is 8.57. The number of nitrogens with zero attached hydrogens (tertiary/aromatic N) is 1. The van der Waals surface area contributed by atoms with Crippen molar-refractivity contribution in [2.45, 2.75) is 63.1 Å². The minimum atomic E-state index is 0.499. The predicted octanol–water partition coefficient (Wildman–Crippen LogP) is 2.49. The van der Waals surface area contributed by atoms with Crippen molar-refractivity contribution in [1.29, 1.82) is 0 Å². The molecule has 2 nitrogen and oxygen atoms in total. The monoisotopic (exact) mass is 254 g/mol. The zero-order valence-corrected chi connectivity index (χ0v) is 11.9. The Balaban J connectivity index is 1.72. The van der Waals surface area contributed by atoms with Crippen molar-refractivity contribution < 1.29 is 0 Å². The molecule has 1 saturated carbocycles. The van der Waals surface area contributed by atoms with E-state index in [-0.39, 0.29) is 0 Å². The number of hydrogen-bond acceptors (Lipinski definition) is 3. The van der Waals surface area contributed by atoms with Gasteiger partial charge in [0, 0.05) is 36.5 Å². The first-order chi connectivity index (χ1) is 8.33. The molecular weight excluding hydrogens is 228 g/mol. The fourth-order valence-electron chi connectivity index (χ4n) is 3.96. The second-order valence-electron chi connectivity index (χ2n) is 6.12. The third kappa shape index (κ3) is 2.39. The molecule has 3 fully saturated rings. The van der Waals surface area contributed by atoms with E-state index < -0.39 is 0 Å². The van der Waals surface area contributed by atoms with Gasteiger partial charge >= 0.3 is 0 Å². The van der Waals surface area contributed by atoms with Crippen LogP contribution in [0.2, 0.25) is 0 Å². The summed E-state index contributed by atoms with van der Waals surface area (Å²) in [6, 6.07) is 1.68. The minimum Gasteiger partial charge on any atom is -0.308 e. The van der Waals surface area contributed by atoms with Crippen LogP contribution in [0.25, 0.3) is 0 Å². The molecule has 2 unspecified atom stereocenters. The molecule has 2 atom stereocenters. The van der Waals surface area contributed by atoms with Crippen LogP contribution in [0.5, 0.6) is 0 Å². The molecule has 1 spiro atoms. The van der Waals surface area contributed by atoms with E-state index in [1.807, 2.05) is 0 Å². The predicted molar refractivity (Wildman–Crippen MR) is 75.7 cm³/mol. The lowest BCUT2D eigenvalue weighted by atomic mass is 9.90. The first-order valence-electron chi connectivity index (χ1n) is 7.41. The van der Waals surface area contributed by atoms with Gasteiger partial charge in [-0.3, -0.25) is 4.90 Å². The summed E-state index contributed by atoms with van der Waals surface area (Å²) in [5.74, 6) is 2.77. The van der Waals surface area contributed by atoms with Crippen LogP contribution in [-0.4, -0.2) is 47.1 Å². The van der Waals surface area contributed by atoms with Crippen LogP contribution in [-0.2, 0) is 0 Å². The third-order valence-electron chi connectivity index (χ3n) is 5.07. The molecule has 0 bridgehead atoms. The largest absolute Gasteiger partial charge is 0.308 e. The van der Waals surface area contributed by atoms with Gasteiger partial charge in [0.1, 0.15) is 0 Å². The Labute approximate surface area is 110 Å². The minimum absolute atomic E-state index is 0.499. The molecule has 2 saturated heterocycles. The van der Waals surface area contributed by atoms with Crippen molar-refractivity contribution >= 4 is 11.8 Å². The number of thioether (sulfide) groups is 1. The first kappa shape index (κ1) is 12.3. The third-order valence-corrected chi connectivity index (χ3v) is 6.22. The van der Waals surface area contributed by atoms with Crippen LogP contribution in [0.15, 0.2) is 0 Å². The van der Waals surface area contributed by atoms with Crippen molar-refractivity contribution in [2.24, 2.45) is 0 Å². The van der Waals surface area contributed by atoms with Gasteiger partial charge in [-0.2, -0.15) is 11.8 Å². The molecule has 3 rings (SSSR count). The van der Waals surface area contributed by atoms with Crippen molar-refractivity contribution in [2.75, 3.05) is 24.6 Å². The highest BCUT2D eigenvalue weighted by molar-refractivity contribution is 7.99. The summed E-state index contributed by atoms with van der Waals surface area (Å²) < 4.78 is 0. The van der Waals surface area contributed by atoms with Crippen molar-refractivity contribution in [3.63, 3.8) is 0 Å². The average molecular weight is 254 g/mol. The van der Waals surface area contributed by atoms with E-state index in [2.05, 4.69) is 28.9 Å². The van der Waals surface area contributed by atoms with Gasteiger partial charge in [0.25, 0.3) is 0 Å². The van der Waals surface area contributed by atoms with Crippen LogP contribution < -0.4 is 5.32 Å². The molecule has 1 N–H and O–H groups in total. The van der Waals surface area contributed by atoms with Crippen molar-refractivity contribution in [3.8, 4) is 0 Å². The summed E-state index contributed by atoms with van der Waals surface area (Å²) in [5, 5.41) is 3.90. The van der Waals surface area contributed by atoms with Gasteiger partial charge in [0.05, 0.1) is 0 Å². The maximum atomic E-state index is 3.90. The Bertz CT molecular complexity index is 255. The fourth-order valence-corrected chi connectivity index (χ4v) is 5.20. The van der Waals surface area contributed by atoms with Crippen LogP contribution in [0.4, 0.5) is 0 Å². The fraction of sp³-hybridized carbons (Fsp3) is 1.00. The molecule has 3 aliphatic rings. The number of rotatable bonds is 2. The van der Waals surface area contributed by atoms with Crippen molar-refractivity contribution in [3.05, 3.63) is 0 Å². The average Bonchev–Trinajstić information content (AvgIpc) is 3.00. The lowest BCUT2D eigenvalue weighted by molar-refractivity contribution is 0.0492. The Morgan fingerprint density at radius 1 is 1.35 bits per heavy atom. The number of nitrogens with one attached hydrogen (secondary N) is 1. The normalized spacial score (nSPS) is 37.9. The van der Waals surface area contributed by atoms with Gasteiger partial charge in [0.15, 0.2) is 0 Å². The van der Waals surface area contributed by atoms with E-state index >= 15 is 0 Å².